The Morgan fingerprint density at radius 2 is 2.24 bits per heavy atom. The van der Waals surface area contributed by atoms with Crippen molar-refractivity contribution in [2.45, 2.75) is 26.4 Å². The molecule has 0 fully saturated rings. The van der Waals surface area contributed by atoms with Crippen molar-refractivity contribution in [2.24, 2.45) is 0 Å². The summed E-state index contributed by atoms with van der Waals surface area (Å²) >= 11 is 0. The van der Waals surface area contributed by atoms with Crippen molar-refractivity contribution in [2.75, 3.05) is 6.61 Å². The van der Waals surface area contributed by atoms with Gasteiger partial charge in [-0.2, -0.15) is 5.10 Å². The molecular formula is C10H15N3O4. The van der Waals surface area contributed by atoms with Crippen LogP contribution in [-0.4, -0.2) is 44.5 Å². The number of aryl methyl sites for hydroxylation is 2. The molecule has 1 heterocycles. The first-order chi connectivity index (χ1) is 7.99. The van der Waals surface area contributed by atoms with E-state index >= 15 is 0 Å². The van der Waals surface area contributed by atoms with Crippen molar-refractivity contribution >= 4 is 11.9 Å². The standard InChI is InChI=1S/C10H15N3O4/c1-3-13-8(4-6(2)12-13)9(15)11-7(5-14)10(16)17/h4,7,14H,3,5H2,1-2H3,(H,11,15)(H,16,17)/t7-/m1/s1. The molecule has 0 aliphatic carbocycles. The lowest BCUT2D eigenvalue weighted by Crippen LogP contribution is -2.43. The third-order valence-corrected chi connectivity index (χ3v) is 2.22. The number of rotatable bonds is 5. The van der Waals surface area contributed by atoms with Gasteiger partial charge in [0.15, 0.2) is 6.04 Å². The minimum Gasteiger partial charge on any atom is -0.480 e. The number of aliphatic carboxylic acids is 1. The predicted molar refractivity (Wildman–Crippen MR) is 58.6 cm³/mol. The van der Waals surface area contributed by atoms with Crippen LogP contribution in [0.5, 0.6) is 0 Å². The number of carbonyl (C=O) groups is 2. The highest BCUT2D eigenvalue weighted by molar-refractivity contribution is 5.95. The van der Waals surface area contributed by atoms with Gasteiger partial charge in [-0.3, -0.25) is 9.48 Å². The van der Waals surface area contributed by atoms with Crippen LogP contribution in [0.1, 0.15) is 23.1 Å². The van der Waals surface area contributed by atoms with Gasteiger partial charge < -0.3 is 15.5 Å². The van der Waals surface area contributed by atoms with E-state index in [0.717, 1.165) is 0 Å². The normalized spacial score (nSPS) is 12.2. The molecule has 1 amide bonds. The first-order valence-corrected chi connectivity index (χ1v) is 5.18. The molecule has 1 aromatic heterocycles. The van der Waals surface area contributed by atoms with Crippen LogP contribution in [0.3, 0.4) is 0 Å². The van der Waals surface area contributed by atoms with Crippen LogP contribution < -0.4 is 5.32 Å². The van der Waals surface area contributed by atoms with Crippen LogP contribution in [0.25, 0.3) is 0 Å². The summed E-state index contributed by atoms with van der Waals surface area (Å²) in [6.45, 7) is 3.42. The Morgan fingerprint density at radius 3 is 2.71 bits per heavy atom. The summed E-state index contributed by atoms with van der Waals surface area (Å²) in [6, 6.07) is 0.262. The third-order valence-electron chi connectivity index (χ3n) is 2.22. The zero-order valence-corrected chi connectivity index (χ0v) is 9.67. The van der Waals surface area contributed by atoms with Gasteiger partial charge in [0.1, 0.15) is 5.69 Å². The van der Waals surface area contributed by atoms with Crippen LogP contribution in [0, 0.1) is 6.92 Å². The molecule has 3 N–H and O–H groups in total. The molecule has 1 aromatic rings. The van der Waals surface area contributed by atoms with Crippen LogP contribution in [0.2, 0.25) is 0 Å². The fourth-order valence-corrected chi connectivity index (χ4v) is 1.39. The minimum absolute atomic E-state index is 0.282. The summed E-state index contributed by atoms with van der Waals surface area (Å²) in [5.41, 5.74) is 0.956. The maximum Gasteiger partial charge on any atom is 0.328 e. The van der Waals surface area contributed by atoms with Crippen LogP contribution in [0.15, 0.2) is 6.07 Å². The van der Waals surface area contributed by atoms with Gasteiger partial charge in [0.25, 0.3) is 5.91 Å². The van der Waals surface area contributed by atoms with Gasteiger partial charge in [-0.05, 0) is 19.9 Å². The number of nitrogens with zero attached hydrogens (tertiary/aromatic N) is 2. The summed E-state index contributed by atoms with van der Waals surface area (Å²) in [5, 5.41) is 23.8. The third kappa shape index (κ3) is 3.04. The molecule has 7 nitrogen and oxygen atoms in total. The Labute approximate surface area is 98.1 Å². The fourth-order valence-electron chi connectivity index (χ4n) is 1.39. The van der Waals surface area contributed by atoms with Gasteiger partial charge in [-0.25, -0.2) is 4.79 Å². The highest BCUT2D eigenvalue weighted by atomic mass is 16.4. The number of aliphatic hydroxyl groups excluding tert-OH is 1. The van der Waals surface area contributed by atoms with E-state index < -0.39 is 24.5 Å². The van der Waals surface area contributed by atoms with Gasteiger partial charge in [0, 0.05) is 6.54 Å². The molecule has 1 atom stereocenters. The summed E-state index contributed by atoms with van der Waals surface area (Å²) in [6.07, 6.45) is 0. The lowest BCUT2D eigenvalue weighted by atomic mass is 10.3. The molecule has 0 aliphatic rings. The SMILES string of the molecule is CCn1nc(C)cc1C(=O)N[C@H](CO)C(=O)O. The number of hydrogen-bond donors (Lipinski definition) is 3. The van der Waals surface area contributed by atoms with Crippen LogP contribution >= 0.6 is 0 Å². The first kappa shape index (κ1) is 13.2. The van der Waals surface area contributed by atoms with E-state index in [1.807, 2.05) is 6.92 Å². The van der Waals surface area contributed by atoms with E-state index in [1.54, 1.807) is 13.0 Å². The topological polar surface area (TPSA) is 104 Å². The second-order valence-corrected chi connectivity index (χ2v) is 3.53. The Bertz CT molecular complexity index is 427. The van der Waals surface area contributed by atoms with E-state index in [4.69, 9.17) is 10.2 Å². The smallest absolute Gasteiger partial charge is 0.328 e. The molecule has 17 heavy (non-hydrogen) atoms. The molecule has 94 valence electrons. The number of carboxylic acids is 1. The molecule has 0 radical (unpaired) electrons. The first-order valence-electron chi connectivity index (χ1n) is 5.18. The van der Waals surface area contributed by atoms with Gasteiger partial charge in [-0.15, -0.1) is 0 Å². The predicted octanol–water partition coefficient (Wildman–Crippen LogP) is -0.613. The maximum absolute atomic E-state index is 11.8. The molecule has 1 rings (SSSR count). The van der Waals surface area contributed by atoms with Crippen molar-refractivity contribution in [3.63, 3.8) is 0 Å². The molecule has 0 saturated heterocycles. The van der Waals surface area contributed by atoms with Crippen molar-refractivity contribution < 1.29 is 19.8 Å². The van der Waals surface area contributed by atoms with Crippen LogP contribution in [0.4, 0.5) is 0 Å². The minimum atomic E-state index is -1.30. The van der Waals surface area contributed by atoms with E-state index in [1.165, 1.54) is 4.68 Å². The molecule has 0 aliphatic heterocycles. The highest BCUT2D eigenvalue weighted by Crippen LogP contribution is 2.04. The molecule has 7 heteroatoms. The number of carboxylic acid groups (broad SMARTS) is 1. The Hall–Kier alpha value is -1.89. The number of nitrogens with one attached hydrogen (secondary N) is 1. The Kier molecular flexibility index (Phi) is 4.22. The molecule has 0 bridgehead atoms. The average molecular weight is 241 g/mol. The number of amides is 1. The second kappa shape index (κ2) is 5.44. The summed E-state index contributed by atoms with van der Waals surface area (Å²) in [4.78, 5) is 22.4. The van der Waals surface area contributed by atoms with E-state index in [-0.39, 0.29) is 5.69 Å². The zero-order chi connectivity index (χ0) is 13.0. The van der Waals surface area contributed by atoms with Gasteiger partial charge in [0.2, 0.25) is 0 Å². The average Bonchev–Trinajstić information content (AvgIpc) is 2.66. The molecule has 0 aromatic carbocycles. The zero-order valence-electron chi connectivity index (χ0n) is 9.67. The number of hydrogen-bond acceptors (Lipinski definition) is 4. The lowest BCUT2D eigenvalue weighted by molar-refractivity contribution is -0.140. The number of aliphatic hydroxyl groups is 1. The van der Waals surface area contributed by atoms with Gasteiger partial charge in [0.05, 0.1) is 12.3 Å². The molecular weight excluding hydrogens is 226 g/mol. The van der Waals surface area contributed by atoms with Gasteiger partial charge >= 0.3 is 5.97 Å². The van der Waals surface area contributed by atoms with Gasteiger partial charge in [-0.1, -0.05) is 0 Å². The number of carbonyl (C=O) groups excluding carboxylic acids is 1. The van der Waals surface area contributed by atoms with E-state index in [9.17, 15) is 9.59 Å². The quantitative estimate of drug-likeness (QED) is 0.637. The summed E-state index contributed by atoms with van der Waals surface area (Å²) in [7, 11) is 0. The largest absolute Gasteiger partial charge is 0.480 e. The second-order valence-electron chi connectivity index (χ2n) is 3.53. The molecule has 0 unspecified atom stereocenters. The van der Waals surface area contributed by atoms with Crippen molar-refractivity contribution in [3.05, 3.63) is 17.5 Å². The van der Waals surface area contributed by atoms with Crippen molar-refractivity contribution in [1.82, 2.24) is 15.1 Å². The lowest BCUT2D eigenvalue weighted by Gasteiger charge is -2.11. The summed E-state index contributed by atoms with van der Waals surface area (Å²) < 4.78 is 1.47. The van der Waals surface area contributed by atoms with E-state index in [0.29, 0.717) is 12.2 Å². The van der Waals surface area contributed by atoms with E-state index in [2.05, 4.69) is 10.4 Å². The van der Waals surface area contributed by atoms with Crippen molar-refractivity contribution in [3.8, 4) is 0 Å². The van der Waals surface area contributed by atoms with Crippen molar-refractivity contribution in [1.29, 1.82) is 0 Å². The molecule has 0 saturated carbocycles. The Morgan fingerprint density at radius 1 is 1.59 bits per heavy atom. The monoisotopic (exact) mass is 241 g/mol. The molecule has 0 spiro atoms. The Balaban J connectivity index is 2.85. The summed E-state index contributed by atoms with van der Waals surface area (Å²) in [5.74, 6) is -1.84. The van der Waals surface area contributed by atoms with Crippen LogP contribution in [-0.2, 0) is 11.3 Å². The maximum atomic E-state index is 11.8. The number of aromatic nitrogens is 2. The highest BCUT2D eigenvalue weighted by Gasteiger charge is 2.21. The fraction of sp³-hybridized carbons (Fsp3) is 0.500.